The van der Waals surface area contributed by atoms with E-state index in [4.69, 9.17) is 10.7 Å². The average molecular weight is 302 g/mol. The third kappa shape index (κ3) is 3.09. The molecule has 0 atom stereocenters. The number of nitrogens with one attached hydrogen (secondary N) is 1. The van der Waals surface area contributed by atoms with Crippen LogP contribution in [0.3, 0.4) is 0 Å². The summed E-state index contributed by atoms with van der Waals surface area (Å²) in [6.07, 6.45) is 3.09. The normalized spacial score (nSPS) is 15.9. The summed E-state index contributed by atoms with van der Waals surface area (Å²) in [5.41, 5.74) is 1.90. The second-order valence-corrected chi connectivity index (χ2v) is 7.52. The summed E-state index contributed by atoms with van der Waals surface area (Å²) in [6, 6.07) is 3.04. The molecule has 1 aromatic carbocycles. The zero-order chi connectivity index (χ0) is 14.2. The average Bonchev–Trinajstić information content (AvgIpc) is 2.25. The van der Waals surface area contributed by atoms with E-state index in [0.29, 0.717) is 5.56 Å². The summed E-state index contributed by atoms with van der Waals surface area (Å²) >= 11 is 0. The Morgan fingerprint density at radius 2 is 1.95 bits per heavy atom. The van der Waals surface area contributed by atoms with E-state index in [1.54, 1.807) is 13.8 Å². The standard InChI is InChI=1S/C13H16ClNO3S/c1-8-6-11(19(14,17)18)7-12(9(8)2)13(16)15-10-4-3-5-10/h6-7,10H,3-5H2,1-2H3,(H,15,16). The molecule has 0 spiro atoms. The van der Waals surface area contributed by atoms with Gasteiger partial charge in [0.15, 0.2) is 0 Å². The summed E-state index contributed by atoms with van der Waals surface area (Å²) in [4.78, 5) is 12.1. The van der Waals surface area contributed by atoms with Crippen molar-refractivity contribution in [1.82, 2.24) is 5.32 Å². The first-order chi connectivity index (χ1) is 8.79. The van der Waals surface area contributed by atoms with Gasteiger partial charge in [-0.1, -0.05) is 0 Å². The lowest BCUT2D eigenvalue weighted by molar-refractivity contribution is 0.0916. The van der Waals surface area contributed by atoms with Crippen molar-refractivity contribution < 1.29 is 13.2 Å². The van der Waals surface area contributed by atoms with Crippen molar-refractivity contribution in [2.24, 2.45) is 0 Å². The molecular formula is C13H16ClNO3S. The number of aryl methyl sites for hydroxylation is 1. The molecule has 0 aromatic heterocycles. The van der Waals surface area contributed by atoms with Crippen molar-refractivity contribution in [3.63, 3.8) is 0 Å². The van der Waals surface area contributed by atoms with Gasteiger partial charge in [0.05, 0.1) is 4.90 Å². The summed E-state index contributed by atoms with van der Waals surface area (Å²) in [7, 11) is 1.52. The molecule has 0 aliphatic heterocycles. The lowest BCUT2D eigenvalue weighted by Crippen LogP contribution is -2.39. The minimum Gasteiger partial charge on any atom is -0.349 e. The Morgan fingerprint density at radius 1 is 1.32 bits per heavy atom. The minimum atomic E-state index is -3.83. The van der Waals surface area contributed by atoms with Crippen LogP contribution in [-0.4, -0.2) is 20.4 Å². The topological polar surface area (TPSA) is 63.2 Å². The molecular weight excluding hydrogens is 286 g/mol. The number of benzene rings is 1. The van der Waals surface area contributed by atoms with Crippen molar-refractivity contribution in [2.75, 3.05) is 0 Å². The maximum Gasteiger partial charge on any atom is 0.261 e. The molecule has 1 aliphatic rings. The number of carbonyl (C=O) groups is 1. The Kier molecular flexibility index (Phi) is 3.87. The van der Waals surface area contributed by atoms with Crippen molar-refractivity contribution in [2.45, 2.75) is 44.0 Å². The molecule has 1 saturated carbocycles. The third-order valence-electron chi connectivity index (χ3n) is 3.61. The molecule has 19 heavy (non-hydrogen) atoms. The van der Waals surface area contributed by atoms with E-state index in [-0.39, 0.29) is 16.8 Å². The zero-order valence-corrected chi connectivity index (χ0v) is 12.4. The summed E-state index contributed by atoms with van der Waals surface area (Å²) in [5, 5.41) is 2.90. The minimum absolute atomic E-state index is 0.0315. The quantitative estimate of drug-likeness (QED) is 0.873. The molecule has 1 amide bonds. The first kappa shape index (κ1) is 14.3. The van der Waals surface area contributed by atoms with Crippen LogP contribution in [-0.2, 0) is 9.05 Å². The SMILES string of the molecule is Cc1cc(S(=O)(=O)Cl)cc(C(=O)NC2CCC2)c1C. The maximum absolute atomic E-state index is 12.2. The summed E-state index contributed by atoms with van der Waals surface area (Å²) in [6.45, 7) is 3.57. The maximum atomic E-state index is 12.2. The Morgan fingerprint density at radius 3 is 2.42 bits per heavy atom. The van der Waals surface area contributed by atoms with Gasteiger partial charge in [0.2, 0.25) is 0 Å². The van der Waals surface area contributed by atoms with Gasteiger partial charge in [-0.05, 0) is 56.4 Å². The lowest BCUT2D eigenvalue weighted by Gasteiger charge is -2.26. The van der Waals surface area contributed by atoms with Crippen LogP contribution in [0.2, 0.25) is 0 Å². The fourth-order valence-electron chi connectivity index (χ4n) is 2.02. The molecule has 0 saturated heterocycles. The number of amides is 1. The van der Waals surface area contributed by atoms with Gasteiger partial charge in [-0.2, -0.15) is 0 Å². The zero-order valence-electron chi connectivity index (χ0n) is 10.9. The molecule has 0 unspecified atom stereocenters. The highest BCUT2D eigenvalue weighted by molar-refractivity contribution is 8.13. The van der Waals surface area contributed by atoms with Crippen LogP contribution < -0.4 is 5.32 Å². The number of hydrogen-bond acceptors (Lipinski definition) is 3. The highest BCUT2D eigenvalue weighted by Crippen LogP contribution is 2.24. The van der Waals surface area contributed by atoms with E-state index in [1.807, 2.05) is 0 Å². The van der Waals surface area contributed by atoms with Crippen molar-refractivity contribution in [3.8, 4) is 0 Å². The molecule has 1 aliphatic carbocycles. The van der Waals surface area contributed by atoms with Crippen LogP contribution in [0, 0.1) is 13.8 Å². The van der Waals surface area contributed by atoms with Crippen LogP contribution >= 0.6 is 10.7 Å². The molecule has 0 radical (unpaired) electrons. The van der Waals surface area contributed by atoms with Gasteiger partial charge in [0.25, 0.3) is 15.0 Å². The van der Waals surface area contributed by atoms with Crippen molar-refractivity contribution in [3.05, 3.63) is 28.8 Å². The van der Waals surface area contributed by atoms with E-state index >= 15 is 0 Å². The largest absolute Gasteiger partial charge is 0.349 e. The van der Waals surface area contributed by atoms with E-state index in [9.17, 15) is 13.2 Å². The smallest absolute Gasteiger partial charge is 0.261 e. The number of halogens is 1. The molecule has 0 bridgehead atoms. The summed E-state index contributed by atoms with van der Waals surface area (Å²) < 4.78 is 22.8. The Labute approximate surface area is 117 Å². The molecule has 6 heteroatoms. The molecule has 4 nitrogen and oxygen atoms in total. The van der Waals surface area contributed by atoms with Crippen molar-refractivity contribution >= 4 is 25.6 Å². The second-order valence-electron chi connectivity index (χ2n) is 4.95. The number of hydrogen-bond donors (Lipinski definition) is 1. The van der Waals surface area contributed by atoms with E-state index in [2.05, 4.69) is 5.32 Å². The van der Waals surface area contributed by atoms with Gasteiger partial charge in [-0.3, -0.25) is 4.79 Å². The Bertz CT molecular complexity index is 621. The van der Waals surface area contributed by atoms with Gasteiger partial charge in [-0.25, -0.2) is 8.42 Å². The van der Waals surface area contributed by atoms with Gasteiger partial charge in [-0.15, -0.1) is 0 Å². The van der Waals surface area contributed by atoms with E-state index < -0.39 is 9.05 Å². The van der Waals surface area contributed by atoms with Crippen molar-refractivity contribution in [1.29, 1.82) is 0 Å². The monoisotopic (exact) mass is 301 g/mol. The van der Waals surface area contributed by atoms with Crippen LogP contribution in [0.15, 0.2) is 17.0 Å². The summed E-state index contributed by atoms with van der Waals surface area (Å²) in [5.74, 6) is -0.229. The van der Waals surface area contributed by atoms with Gasteiger partial charge >= 0.3 is 0 Å². The number of rotatable bonds is 3. The van der Waals surface area contributed by atoms with Crippen LogP contribution in [0.1, 0.15) is 40.7 Å². The van der Waals surface area contributed by atoms with Gasteiger partial charge in [0.1, 0.15) is 0 Å². The number of carbonyl (C=O) groups excluding carboxylic acids is 1. The lowest BCUT2D eigenvalue weighted by atomic mass is 9.92. The predicted molar refractivity (Wildman–Crippen MR) is 74.1 cm³/mol. The Balaban J connectivity index is 2.37. The highest BCUT2D eigenvalue weighted by Gasteiger charge is 2.23. The van der Waals surface area contributed by atoms with Crippen LogP contribution in [0.4, 0.5) is 0 Å². The first-order valence-corrected chi connectivity index (χ1v) is 8.47. The fourth-order valence-corrected chi connectivity index (χ4v) is 2.86. The predicted octanol–water partition coefficient (Wildman–Crippen LogP) is 2.51. The molecule has 2 rings (SSSR count). The first-order valence-electron chi connectivity index (χ1n) is 6.16. The molecule has 1 fully saturated rings. The highest BCUT2D eigenvalue weighted by atomic mass is 35.7. The molecule has 0 heterocycles. The van der Waals surface area contributed by atoms with Gasteiger partial charge in [0, 0.05) is 22.3 Å². The van der Waals surface area contributed by atoms with Crippen LogP contribution in [0.5, 0.6) is 0 Å². The fraction of sp³-hybridized carbons (Fsp3) is 0.462. The van der Waals surface area contributed by atoms with E-state index in [0.717, 1.165) is 30.4 Å². The molecule has 1 aromatic rings. The molecule has 104 valence electrons. The second kappa shape index (κ2) is 5.13. The van der Waals surface area contributed by atoms with Crippen LogP contribution in [0.25, 0.3) is 0 Å². The van der Waals surface area contributed by atoms with E-state index in [1.165, 1.54) is 12.1 Å². The Hall–Kier alpha value is -1.07. The third-order valence-corrected chi connectivity index (χ3v) is 4.94. The molecule has 1 N–H and O–H groups in total. The van der Waals surface area contributed by atoms with Gasteiger partial charge < -0.3 is 5.32 Å².